The summed E-state index contributed by atoms with van der Waals surface area (Å²) in [5.41, 5.74) is 0.336. The van der Waals surface area contributed by atoms with Crippen LogP contribution in [0.25, 0.3) is 0 Å². The third-order valence-electron chi connectivity index (χ3n) is 1.89. The van der Waals surface area contributed by atoms with E-state index in [1.165, 1.54) is 20.3 Å². The number of hydrogen-bond acceptors (Lipinski definition) is 6. The zero-order valence-corrected chi connectivity index (χ0v) is 8.34. The molecule has 82 valence electrons. The highest BCUT2D eigenvalue weighted by Gasteiger charge is 2.26. The van der Waals surface area contributed by atoms with E-state index >= 15 is 0 Å². The van der Waals surface area contributed by atoms with Gasteiger partial charge in [0.25, 0.3) is 0 Å². The number of hydrogen-bond donors (Lipinski definition) is 2. The van der Waals surface area contributed by atoms with Gasteiger partial charge in [-0.25, -0.2) is 0 Å². The fourth-order valence-electron chi connectivity index (χ4n) is 1.15. The van der Waals surface area contributed by atoms with Crippen LogP contribution in [0.1, 0.15) is 0 Å². The summed E-state index contributed by atoms with van der Waals surface area (Å²) in [6, 6.07) is 4.72. The van der Waals surface area contributed by atoms with Gasteiger partial charge in [0, 0.05) is 11.5 Å². The van der Waals surface area contributed by atoms with Gasteiger partial charge in [0.2, 0.25) is 0 Å². The molecule has 15 heavy (non-hydrogen) atoms. The molecule has 0 aliphatic rings. The van der Waals surface area contributed by atoms with Crippen LogP contribution in [-0.4, -0.2) is 31.9 Å². The first-order valence-corrected chi connectivity index (χ1v) is 4.09. The van der Waals surface area contributed by atoms with Gasteiger partial charge in [0.1, 0.15) is 11.5 Å². The molecular formula is C8H11BO6. The van der Waals surface area contributed by atoms with Gasteiger partial charge in [-0.3, -0.25) is 20.1 Å². The Bertz CT molecular complexity index is 314. The van der Waals surface area contributed by atoms with Gasteiger partial charge < -0.3 is 9.47 Å². The standard InChI is InChI=1S/C8H11BO6/c1-12-6-3-4-7(8(5-6)13-2)9(14-10)15-11/h3-5,10-11H,1-2H3. The highest BCUT2D eigenvalue weighted by Crippen LogP contribution is 2.17. The molecule has 0 unspecified atom stereocenters. The van der Waals surface area contributed by atoms with Crippen molar-refractivity contribution in [1.82, 2.24) is 0 Å². The zero-order valence-electron chi connectivity index (χ0n) is 8.34. The van der Waals surface area contributed by atoms with Crippen LogP contribution in [0.5, 0.6) is 11.5 Å². The Labute approximate surface area is 87.0 Å². The lowest BCUT2D eigenvalue weighted by Crippen LogP contribution is -2.36. The van der Waals surface area contributed by atoms with Gasteiger partial charge in [-0.2, -0.15) is 0 Å². The summed E-state index contributed by atoms with van der Waals surface area (Å²) in [6.07, 6.45) is 0. The van der Waals surface area contributed by atoms with Gasteiger partial charge in [0.15, 0.2) is 0 Å². The molecule has 2 N–H and O–H groups in total. The molecule has 0 amide bonds. The van der Waals surface area contributed by atoms with E-state index in [9.17, 15) is 0 Å². The van der Waals surface area contributed by atoms with Crippen molar-refractivity contribution < 1.29 is 29.6 Å². The molecule has 0 fully saturated rings. The monoisotopic (exact) mass is 214 g/mol. The highest BCUT2D eigenvalue weighted by atomic mass is 17.2. The van der Waals surface area contributed by atoms with Crippen molar-refractivity contribution in [2.24, 2.45) is 0 Å². The van der Waals surface area contributed by atoms with E-state index < -0.39 is 7.12 Å². The highest BCUT2D eigenvalue weighted by molar-refractivity contribution is 6.61. The molecule has 1 aromatic carbocycles. The first-order valence-electron chi connectivity index (χ1n) is 4.09. The average molecular weight is 214 g/mol. The van der Waals surface area contributed by atoms with Crippen molar-refractivity contribution in [2.45, 2.75) is 0 Å². The number of rotatable bonds is 5. The fourth-order valence-corrected chi connectivity index (χ4v) is 1.15. The van der Waals surface area contributed by atoms with Crippen LogP contribution in [0.4, 0.5) is 0 Å². The minimum atomic E-state index is -1.31. The second kappa shape index (κ2) is 5.57. The SMILES string of the molecule is COc1ccc(B(OO)OO)c(OC)c1. The number of methoxy groups -OCH3 is 2. The van der Waals surface area contributed by atoms with Gasteiger partial charge >= 0.3 is 7.12 Å². The second-order valence-electron chi connectivity index (χ2n) is 2.65. The molecule has 1 rings (SSSR count). The lowest BCUT2D eigenvalue weighted by atomic mass is 9.79. The van der Waals surface area contributed by atoms with Crippen molar-refractivity contribution in [3.63, 3.8) is 0 Å². The lowest BCUT2D eigenvalue weighted by Gasteiger charge is -2.11. The Morgan fingerprint density at radius 1 is 1.07 bits per heavy atom. The molecule has 0 saturated heterocycles. The van der Waals surface area contributed by atoms with Gasteiger partial charge in [-0.1, -0.05) is 6.07 Å². The Balaban J connectivity index is 3.06. The average Bonchev–Trinajstić information content (AvgIpc) is 2.31. The minimum absolute atomic E-state index is 0.336. The number of ether oxygens (including phenoxy) is 2. The normalized spacial score (nSPS) is 9.87. The molecule has 1 aromatic rings. The van der Waals surface area contributed by atoms with Crippen LogP contribution in [0, 0.1) is 0 Å². The van der Waals surface area contributed by atoms with Crippen molar-refractivity contribution >= 4 is 12.6 Å². The van der Waals surface area contributed by atoms with Crippen LogP contribution in [0.3, 0.4) is 0 Å². The smallest absolute Gasteiger partial charge is 0.497 e. The van der Waals surface area contributed by atoms with E-state index in [1.54, 1.807) is 12.1 Å². The molecule has 0 atom stereocenters. The maximum absolute atomic E-state index is 8.45. The molecule has 7 heteroatoms. The molecule has 0 aromatic heterocycles. The fraction of sp³-hybridized carbons (Fsp3) is 0.250. The molecule has 0 aliphatic heterocycles. The quantitative estimate of drug-likeness (QED) is 0.419. The Morgan fingerprint density at radius 3 is 2.20 bits per heavy atom. The van der Waals surface area contributed by atoms with Crippen molar-refractivity contribution in [3.8, 4) is 11.5 Å². The molecule has 0 aliphatic carbocycles. The first-order chi connectivity index (χ1) is 7.26. The summed E-state index contributed by atoms with van der Waals surface area (Å²) in [5, 5.41) is 16.9. The molecule has 0 bridgehead atoms. The van der Waals surface area contributed by atoms with Crippen LogP contribution >= 0.6 is 0 Å². The van der Waals surface area contributed by atoms with E-state index in [0.717, 1.165) is 0 Å². The lowest BCUT2D eigenvalue weighted by molar-refractivity contribution is -0.221. The zero-order chi connectivity index (χ0) is 11.3. The third-order valence-corrected chi connectivity index (χ3v) is 1.89. The van der Waals surface area contributed by atoms with Gasteiger partial charge in [-0.05, 0) is 6.07 Å². The topological polar surface area (TPSA) is 77.4 Å². The Hall–Kier alpha value is -1.28. The molecular weight excluding hydrogens is 203 g/mol. The predicted octanol–water partition coefficient (Wildman–Crippen LogP) is 0.378. The van der Waals surface area contributed by atoms with Crippen molar-refractivity contribution in [1.29, 1.82) is 0 Å². The third kappa shape index (κ3) is 2.60. The molecule has 0 heterocycles. The summed E-state index contributed by atoms with van der Waals surface area (Å²) in [7, 11) is 1.63. The molecule has 0 spiro atoms. The predicted molar refractivity (Wildman–Crippen MR) is 52.4 cm³/mol. The van der Waals surface area contributed by atoms with Crippen LogP contribution < -0.4 is 14.9 Å². The minimum Gasteiger partial charge on any atom is -0.497 e. The molecule has 0 saturated carbocycles. The van der Waals surface area contributed by atoms with E-state index in [2.05, 4.69) is 9.61 Å². The maximum Gasteiger partial charge on any atom is 0.557 e. The van der Waals surface area contributed by atoms with Gasteiger partial charge in [-0.15, -0.1) is 0 Å². The van der Waals surface area contributed by atoms with E-state index in [1.807, 2.05) is 0 Å². The van der Waals surface area contributed by atoms with Crippen LogP contribution in [0.2, 0.25) is 0 Å². The largest absolute Gasteiger partial charge is 0.557 e. The summed E-state index contributed by atoms with van der Waals surface area (Å²) in [5.74, 6) is 0.938. The summed E-state index contributed by atoms with van der Waals surface area (Å²) >= 11 is 0. The molecule has 0 radical (unpaired) electrons. The summed E-state index contributed by atoms with van der Waals surface area (Å²) < 4.78 is 9.98. The maximum atomic E-state index is 8.45. The van der Waals surface area contributed by atoms with E-state index in [0.29, 0.717) is 17.0 Å². The summed E-state index contributed by atoms with van der Waals surface area (Å²) in [4.78, 5) is 7.82. The number of benzene rings is 1. The Kier molecular flexibility index (Phi) is 4.38. The molecule has 6 nitrogen and oxygen atoms in total. The van der Waals surface area contributed by atoms with Crippen LogP contribution in [-0.2, 0) is 9.61 Å². The Morgan fingerprint density at radius 2 is 1.73 bits per heavy atom. The van der Waals surface area contributed by atoms with Crippen molar-refractivity contribution in [3.05, 3.63) is 18.2 Å². The van der Waals surface area contributed by atoms with E-state index in [-0.39, 0.29) is 0 Å². The first kappa shape index (κ1) is 11.8. The van der Waals surface area contributed by atoms with Crippen LogP contribution in [0.15, 0.2) is 18.2 Å². The van der Waals surface area contributed by atoms with Gasteiger partial charge in [0.05, 0.1) is 14.2 Å². The second-order valence-corrected chi connectivity index (χ2v) is 2.65. The summed E-state index contributed by atoms with van der Waals surface area (Å²) in [6.45, 7) is 0. The van der Waals surface area contributed by atoms with E-state index in [4.69, 9.17) is 20.0 Å². The van der Waals surface area contributed by atoms with Crippen molar-refractivity contribution in [2.75, 3.05) is 14.2 Å².